The van der Waals surface area contributed by atoms with E-state index in [1.165, 1.54) is 18.2 Å². The summed E-state index contributed by atoms with van der Waals surface area (Å²) in [5.41, 5.74) is 1.72. The van der Waals surface area contributed by atoms with Crippen LogP contribution >= 0.6 is 0 Å². The third kappa shape index (κ3) is 6.14. The van der Waals surface area contributed by atoms with E-state index in [2.05, 4.69) is 9.98 Å². The van der Waals surface area contributed by atoms with Gasteiger partial charge in [-0.05, 0) is 24.6 Å². The summed E-state index contributed by atoms with van der Waals surface area (Å²) < 4.78 is 0. The standard InChI is InChI=1S/C9H6N2O2.C2H6O2/c1-7-2-3-8(10-5-12)4-9(7)11-6-13;3-1-2-4/h2-4H,1H3;3-4H,1-2H2. The van der Waals surface area contributed by atoms with E-state index in [0.717, 1.165) is 5.56 Å². The summed E-state index contributed by atoms with van der Waals surface area (Å²) in [5.74, 6) is 0. The molecule has 0 unspecified atom stereocenters. The lowest BCUT2D eigenvalue weighted by atomic mass is 10.2. The Morgan fingerprint density at radius 2 is 1.71 bits per heavy atom. The highest BCUT2D eigenvalue weighted by molar-refractivity contribution is 5.61. The van der Waals surface area contributed by atoms with Gasteiger partial charge >= 0.3 is 0 Å². The third-order valence-electron chi connectivity index (χ3n) is 1.63. The van der Waals surface area contributed by atoms with Gasteiger partial charge in [-0.15, -0.1) is 0 Å². The molecule has 0 fully saturated rings. The molecule has 0 aromatic heterocycles. The number of hydrogen-bond acceptors (Lipinski definition) is 6. The predicted molar refractivity (Wildman–Crippen MR) is 60.9 cm³/mol. The Morgan fingerprint density at radius 3 is 2.18 bits per heavy atom. The number of carbonyl (C=O) groups excluding carboxylic acids is 2. The molecule has 0 saturated carbocycles. The summed E-state index contributed by atoms with van der Waals surface area (Å²) in [7, 11) is 0. The first kappa shape index (κ1) is 14.9. The van der Waals surface area contributed by atoms with Gasteiger partial charge in [-0.1, -0.05) is 6.07 Å². The molecule has 0 amide bonds. The molecule has 90 valence electrons. The molecule has 0 atom stereocenters. The minimum Gasteiger partial charge on any atom is -0.394 e. The van der Waals surface area contributed by atoms with Crippen LogP contribution < -0.4 is 0 Å². The Labute approximate surface area is 98.0 Å². The highest BCUT2D eigenvalue weighted by atomic mass is 16.3. The van der Waals surface area contributed by atoms with Gasteiger partial charge in [0.2, 0.25) is 12.2 Å². The number of aliphatic hydroxyl groups excluding tert-OH is 2. The first-order valence-electron chi connectivity index (χ1n) is 4.67. The maximum Gasteiger partial charge on any atom is 0.240 e. The van der Waals surface area contributed by atoms with Crippen molar-refractivity contribution in [2.24, 2.45) is 9.98 Å². The number of benzene rings is 1. The first-order chi connectivity index (χ1) is 8.19. The zero-order chi connectivity index (χ0) is 13.1. The summed E-state index contributed by atoms with van der Waals surface area (Å²) in [6.07, 6.45) is 2.84. The molecule has 1 aromatic rings. The van der Waals surface area contributed by atoms with Crippen molar-refractivity contribution in [1.29, 1.82) is 0 Å². The van der Waals surface area contributed by atoms with Crippen molar-refractivity contribution in [2.45, 2.75) is 6.92 Å². The van der Waals surface area contributed by atoms with Crippen molar-refractivity contribution in [2.75, 3.05) is 13.2 Å². The van der Waals surface area contributed by atoms with E-state index in [0.29, 0.717) is 11.4 Å². The SMILES string of the molecule is Cc1ccc(N=C=O)cc1N=C=O.OCCO. The number of hydrogen-bond donors (Lipinski definition) is 2. The van der Waals surface area contributed by atoms with Gasteiger partial charge < -0.3 is 10.2 Å². The summed E-state index contributed by atoms with van der Waals surface area (Å²) in [6.45, 7) is 1.55. The predicted octanol–water partition coefficient (Wildman–Crippen LogP) is 0.901. The second kappa shape index (κ2) is 9.15. The highest BCUT2D eigenvalue weighted by Gasteiger charge is 1.97. The highest BCUT2D eigenvalue weighted by Crippen LogP contribution is 2.23. The molecule has 2 N–H and O–H groups in total. The molecule has 0 aliphatic carbocycles. The molecule has 0 saturated heterocycles. The normalized spacial score (nSPS) is 8.18. The van der Waals surface area contributed by atoms with E-state index < -0.39 is 0 Å². The molecule has 0 spiro atoms. The van der Waals surface area contributed by atoms with Crippen molar-refractivity contribution in [1.82, 2.24) is 0 Å². The topological polar surface area (TPSA) is 99.3 Å². The van der Waals surface area contributed by atoms with E-state index in [4.69, 9.17) is 10.2 Å². The van der Waals surface area contributed by atoms with Crippen LogP contribution in [0.15, 0.2) is 28.2 Å². The van der Waals surface area contributed by atoms with Gasteiger partial charge in [0, 0.05) is 0 Å². The lowest BCUT2D eigenvalue weighted by Gasteiger charge is -1.97. The Bertz CT molecular complexity index is 445. The molecular weight excluding hydrogens is 224 g/mol. The maximum atomic E-state index is 10.00. The Morgan fingerprint density at radius 1 is 1.12 bits per heavy atom. The van der Waals surface area contributed by atoms with Gasteiger partial charge in [-0.25, -0.2) is 9.59 Å². The first-order valence-corrected chi connectivity index (χ1v) is 4.67. The molecule has 0 aliphatic rings. The molecule has 0 heterocycles. The van der Waals surface area contributed by atoms with Crippen LogP contribution in [0.25, 0.3) is 0 Å². The largest absolute Gasteiger partial charge is 0.394 e. The number of nitrogens with zero attached hydrogens (tertiary/aromatic N) is 2. The minimum atomic E-state index is -0.125. The quantitative estimate of drug-likeness (QED) is 0.601. The Kier molecular flexibility index (Phi) is 8.02. The number of isocyanates is 2. The van der Waals surface area contributed by atoms with E-state index in [9.17, 15) is 9.59 Å². The molecule has 1 rings (SSSR count). The second-order valence-corrected chi connectivity index (χ2v) is 2.82. The second-order valence-electron chi connectivity index (χ2n) is 2.82. The van der Waals surface area contributed by atoms with Crippen molar-refractivity contribution < 1.29 is 19.8 Å². The van der Waals surface area contributed by atoms with Gasteiger partial charge in [0.05, 0.1) is 24.6 Å². The summed E-state index contributed by atoms with van der Waals surface area (Å²) in [5, 5.41) is 15.2. The summed E-state index contributed by atoms with van der Waals surface area (Å²) >= 11 is 0. The Hall–Kier alpha value is -2.10. The van der Waals surface area contributed by atoms with Crippen LogP contribution in [0, 0.1) is 6.92 Å². The van der Waals surface area contributed by atoms with Crippen molar-refractivity contribution >= 4 is 23.5 Å². The van der Waals surface area contributed by atoms with Crippen LogP contribution in [0.5, 0.6) is 0 Å². The number of rotatable bonds is 3. The van der Waals surface area contributed by atoms with Crippen LogP contribution in [-0.4, -0.2) is 35.6 Å². The molecule has 0 radical (unpaired) electrons. The number of aliphatic hydroxyl groups is 2. The fraction of sp³-hybridized carbons (Fsp3) is 0.273. The van der Waals surface area contributed by atoms with Gasteiger partial charge in [0.25, 0.3) is 0 Å². The average Bonchev–Trinajstić information content (AvgIpc) is 2.34. The van der Waals surface area contributed by atoms with E-state index in [-0.39, 0.29) is 13.2 Å². The van der Waals surface area contributed by atoms with E-state index in [1.54, 1.807) is 19.1 Å². The smallest absolute Gasteiger partial charge is 0.240 e. The zero-order valence-electron chi connectivity index (χ0n) is 9.25. The van der Waals surface area contributed by atoms with Crippen LogP contribution in [0.1, 0.15) is 5.56 Å². The van der Waals surface area contributed by atoms with Crippen LogP contribution in [0.2, 0.25) is 0 Å². The van der Waals surface area contributed by atoms with Gasteiger partial charge in [0.1, 0.15) is 0 Å². The molecule has 0 bridgehead atoms. The maximum absolute atomic E-state index is 10.00. The molecule has 6 nitrogen and oxygen atoms in total. The lowest BCUT2D eigenvalue weighted by Crippen LogP contribution is -1.85. The van der Waals surface area contributed by atoms with Crippen molar-refractivity contribution in [3.8, 4) is 0 Å². The fourth-order valence-corrected chi connectivity index (χ4v) is 0.890. The van der Waals surface area contributed by atoms with Gasteiger partial charge in [-0.3, -0.25) is 0 Å². The van der Waals surface area contributed by atoms with Crippen LogP contribution in [-0.2, 0) is 9.59 Å². The van der Waals surface area contributed by atoms with Crippen LogP contribution in [0.3, 0.4) is 0 Å². The molecule has 1 aromatic carbocycles. The molecule has 0 aliphatic heterocycles. The Balaban J connectivity index is 0.000000557. The third-order valence-corrected chi connectivity index (χ3v) is 1.63. The summed E-state index contributed by atoms with van der Waals surface area (Å²) in [6, 6.07) is 4.88. The van der Waals surface area contributed by atoms with Crippen LogP contribution in [0.4, 0.5) is 11.4 Å². The average molecular weight is 236 g/mol. The number of aliphatic imine (C=N–C) groups is 2. The van der Waals surface area contributed by atoms with Gasteiger partial charge in [0.15, 0.2) is 0 Å². The molecule has 17 heavy (non-hydrogen) atoms. The fourth-order valence-electron chi connectivity index (χ4n) is 0.890. The minimum absolute atomic E-state index is 0.125. The van der Waals surface area contributed by atoms with Crippen molar-refractivity contribution in [3.63, 3.8) is 0 Å². The lowest BCUT2D eigenvalue weighted by molar-refractivity contribution is 0.186. The molecule has 6 heteroatoms. The monoisotopic (exact) mass is 236 g/mol. The summed E-state index contributed by atoms with van der Waals surface area (Å²) in [4.78, 5) is 26.8. The van der Waals surface area contributed by atoms with E-state index >= 15 is 0 Å². The van der Waals surface area contributed by atoms with E-state index in [1.807, 2.05) is 0 Å². The van der Waals surface area contributed by atoms with Gasteiger partial charge in [-0.2, -0.15) is 9.98 Å². The zero-order valence-corrected chi connectivity index (χ0v) is 9.25. The number of aryl methyl sites for hydroxylation is 1. The van der Waals surface area contributed by atoms with Crippen molar-refractivity contribution in [3.05, 3.63) is 23.8 Å². The molecular formula is C11H12N2O4.